The lowest BCUT2D eigenvalue weighted by atomic mass is 10.1. The highest BCUT2D eigenvalue weighted by Gasteiger charge is 2.43. The largest absolute Gasteiger partial charge is 0.399 e. The first-order valence-electron chi connectivity index (χ1n) is 5.06. The van der Waals surface area contributed by atoms with E-state index in [0.717, 1.165) is 4.90 Å². The Morgan fingerprint density at radius 3 is 2.35 bits per heavy atom. The Kier molecular flexibility index (Phi) is 4.11. The molecule has 1 rings (SSSR count). The third-order valence-electron chi connectivity index (χ3n) is 2.45. The summed E-state index contributed by atoms with van der Waals surface area (Å²) in [7, 11) is 0. The molecule has 1 heterocycles. The molecule has 4 atom stereocenters. The molecule has 17 heavy (non-hydrogen) atoms. The lowest BCUT2D eigenvalue weighted by Crippen LogP contribution is -2.46. The Balaban J connectivity index is 2.86. The summed E-state index contributed by atoms with van der Waals surface area (Å²) in [6.45, 7) is 5.00. The minimum atomic E-state index is -1.23. The topological polar surface area (TPSA) is 122 Å². The van der Waals surface area contributed by atoms with Crippen LogP contribution in [0.4, 0.5) is 4.79 Å². The van der Waals surface area contributed by atoms with Crippen LogP contribution in [-0.4, -0.2) is 45.7 Å². The summed E-state index contributed by atoms with van der Waals surface area (Å²) in [5, 5.41) is 19.2. The van der Waals surface area contributed by atoms with Crippen LogP contribution in [0.3, 0.4) is 0 Å². The van der Waals surface area contributed by atoms with Crippen LogP contribution in [0.5, 0.6) is 0 Å². The van der Waals surface area contributed by atoms with Gasteiger partial charge in [-0.05, 0) is 13.0 Å². The van der Waals surface area contributed by atoms with Crippen molar-refractivity contribution in [1.29, 1.82) is 0 Å². The van der Waals surface area contributed by atoms with Gasteiger partial charge in [0.2, 0.25) is 0 Å². The fourth-order valence-corrected chi connectivity index (χ4v) is 1.52. The van der Waals surface area contributed by atoms with Gasteiger partial charge in [0.1, 0.15) is 12.2 Å². The second kappa shape index (κ2) is 5.17. The maximum Gasteiger partial charge on any atom is 0.321 e. The van der Waals surface area contributed by atoms with Crippen LogP contribution in [0.2, 0.25) is 0 Å². The van der Waals surface area contributed by atoms with Crippen molar-refractivity contribution in [3.63, 3.8) is 0 Å². The number of aliphatic hydroxyl groups excluding tert-OH is 2. The normalized spacial score (nSPS) is 32.9. The average Bonchev–Trinajstić information content (AvgIpc) is 2.46. The van der Waals surface area contributed by atoms with E-state index in [1.807, 2.05) is 0 Å². The number of ether oxygens (including phenoxy) is 1. The van der Waals surface area contributed by atoms with Gasteiger partial charge in [0.15, 0.2) is 6.23 Å². The summed E-state index contributed by atoms with van der Waals surface area (Å²) in [4.78, 5) is 12.2. The van der Waals surface area contributed by atoms with E-state index in [2.05, 4.69) is 6.58 Å². The predicted molar refractivity (Wildman–Crippen MR) is 60.2 cm³/mol. The molecule has 0 bridgehead atoms. The molecule has 0 radical (unpaired) electrons. The van der Waals surface area contributed by atoms with Crippen LogP contribution in [0, 0.1) is 0 Å². The highest BCUT2D eigenvalue weighted by molar-refractivity contribution is 5.73. The van der Waals surface area contributed by atoms with E-state index in [1.165, 1.54) is 12.3 Å². The number of amides is 2. The number of nitrogens with zero attached hydrogens (tertiary/aromatic N) is 1. The molecule has 1 fully saturated rings. The van der Waals surface area contributed by atoms with Crippen LogP contribution in [-0.2, 0) is 4.74 Å². The highest BCUT2D eigenvalue weighted by Crippen LogP contribution is 2.24. The summed E-state index contributed by atoms with van der Waals surface area (Å²) >= 11 is 0. The van der Waals surface area contributed by atoms with Crippen LogP contribution in [0.25, 0.3) is 0 Å². The van der Waals surface area contributed by atoms with E-state index < -0.39 is 30.6 Å². The molecular weight excluding hydrogens is 226 g/mol. The van der Waals surface area contributed by atoms with Gasteiger partial charge in [-0.3, -0.25) is 4.90 Å². The lowest BCUT2D eigenvalue weighted by molar-refractivity contribution is -0.0474. The minimum absolute atomic E-state index is 0.220. The molecule has 2 amide bonds. The van der Waals surface area contributed by atoms with Crippen molar-refractivity contribution in [2.75, 3.05) is 0 Å². The number of carbonyl (C=O) groups is 1. The molecule has 0 aromatic carbocycles. The summed E-state index contributed by atoms with van der Waals surface area (Å²) in [5.41, 5.74) is 10.7. The van der Waals surface area contributed by atoms with Gasteiger partial charge in [-0.1, -0.05) is 6.58 Å². The van der Waals surface area contributed by atoms with Crippen molar-refractivity contribution >= 4 is 6.03 Å². The zero-order valence-corrected chi connectivity index (χ0v) is 9.48. The SMILES string of the molecule is C=C(N)/C=C\N(C(N)=O)[C@@H]1O[C@H](C)C(O)[C@@H]1O. The second-order valence-corrected chi connectivity index (χ2v) is 3.85. The molecule has 6 N–H and O–H groups in total. The van der Waals surface area contributed by atoms with Crippen molar-refractivity contribution in [2.45, 2.75) is 31.5 Å². The van der Waals surface area contributed by atoms with Gasteiger partial charge in [0.25, 0.3) is 0 Å². The molecule has 7 heteroatoms. The maximum absolute atomic E-state index is 11.2. The number of urea groups is 1. The Hall–Kier alpha value is -1.57. The van der Waals surface area contributed by atoms with E-state index >= 15 is 0 Å². The Morgan fingerprint density at radius 1 is 1.41 bits per heavy atom. The maximum atomic E-state index is 11.2. The number of allylic oxidation sites excluding steroid dienone is 1. The Morgan fingerprint density at radius 2 is 2.00 bits per heavy atom. The van der Waals surface area contributed by atoms with Crippen molar-refractivity contribution in [2.24, 2.45) is 11.5 Å². The lowest BCUT2D eigenvalue weighted by Gasteiger charge is -2.25. The Labute approximate surface area is 98.9 Å². The van der Waals surface area contributed by atoms with Gasteiger partial charge >= 0.3 is 6.03 Å². The molecule has 7 nitrogen and oxygen atoms in total. The number of carbonyl (C=O) groups excluding carboxylic acids is 1. The zero-order valence-electron chi connectivity index (χ0n) is 9.48. The molecule has 0 aliphatic carbocycles. The van der Waals surface area contributed by atoms with Crippen LogP contribution >= 0.6 is 0 Å². The fourth-order valence-electron chi connectivity index (χ4n) is 1.52. The molecule has 1 aliphatic heterocycles. The molecule has 96 valence electrons. The molecule has 1 aliphatic rings. The van der Waals surface area contributed by atoms with Gasteiger partial charge in [0, 0.05) is 11.9 Å². The van der Waals surface area contributed by atoms with Gasteiger partial charge in [-0.15, -0.1) is 0 Å². The molecular formula is C10H17N3O4. The molecule has 0 saturated carbocycles. The molecule has 0 aromatic heterocycles. The minimum Gasteiger partial charge on any atom is -0.399 e. The summed E-state index contributed by atoms with van der Waals surface area (Å²) in [6, 6.07) is -0.826. The molecule has 1 saturated heterocycles. The van der Waals surface area contributed by atoms with E-state index in [-0.39, 0.29) is 5.70 Å². The van der Waals surface area contributed by atoms with Crippen LogP contribution < -0.4 is 11.5 Å². The first-order valence-corrected chi connectivity index (χ1v) is 5.06. The quantitative estimate of drug-likeness (QED) is 0.465. The number of primary amides is 1. The van der Waals surface area contributed by atoms with E-state index in [9.17, 15) is 15.0 Å². The monoisotopic (exact) mass is 243 g/mol. The number of hydrogen-bond acceptors (Lipinski definition) is 5. The zero-order chi connectivity index (χ0) is 13.2. The van der Waals surface area contributed by atoms with Crippen molar-refractivity contribution in [3.8, 4) is 0 Å². The summed E-state index contributed by atoms with van der Waals surface area (Å²) in [5.74, 6) is 0. The molecule has 0 aromatic rings. The molecule has 1 unspecified atom stereocenters. The van der Waals surface area contributed by atoms with Crippen LogP contribution in [0.1, 0.15) is 6.92 Å². The first kappa shape index (κ1) is 13.5. The van der Waals surface area contributed by atoms with Crippen molar-refractivity contribution < 1.29 is 19.7 Å². The van der Waals surface area contributed by atoms with Gasteiger partial charge in [-0.25, -0.2) is 4.79 Å². The average molecular weight is 243 g/mol. The van der Waals surface area contributed by atoms with Crippen molar-refractivity contribution in [3.05, 3.63) is 24.6 Å². The highest BCUT2D eigenvalue weighted by atomic mass is 16.6. The third kappa shape index (κ3) is 2.96. The van der Waals surface area contributed by atoms with Gasteiger partial charge in [-0.2, -0.15) is 0 Å². The van der Waals surface area contributed by atoms with Crippen LogP contribution in [0.15, 0.2) is 24.6 Å². The van der Waals surface area contributed by atoms with Crippen molar-refractivity contribution in [1.82, 2.24) is 4.90 Å². The first-order chi connectivity index (χ1) is 7.84. The van der Waals surface area contributed by atoms with Gasteiger partial charge < -0.3 is 26.4 Å². The smallest absolute Gasteiger partial charge is 0.321 e. The fraction of sp³-hybridized carbons (Fsp3) is 0.500. The Bertz CT molecular complexity index is 344. The van der Waals surface area contributed by atoms with E-state index in [0.29, 0.717) is 0 Å². The van der Waals surface area contributed by atoms with E-state index in [4.69, 9.17) is 16.2 Å². The second-order valence-electron chi connectivity index (χ2n) is 3.85. The summed E-state index contributed by atoms with van der Waals surface area (Å²) < 4.78 is 5.24. The predicted octanol–water partition coefficient (Wildman–Crippen LogP) is -1.18. The number of nitrogens with two attached hydrogens (primary N) is 2. The van der Waals surface area contributed by atoms with E-state index in [1.54, 1.807) is 6.92 Å². The third-order valence-corrected chi connectivity index (χ3v) is 2.45. The van der Waals surface area contributed by atoms with Gasteiger partial charge in [0.05, 0.1) is 6.10 Å². The number of aliphatic hydroxyl groups is 2. The summed E-state index contributed by atoms with van der Waals surface area (Å²) in [6.07, 6.45) is -1.33. The standard InChI is InChI=1S/C10H17N3O4/c1-5(11)3-4-13(10(12)16)9-8(15)7(14)6(2)17-9/h3-4,6-9,14-15H,1,11H2,2H3,(H2,12,16)/b4-3-/t6-,7?,8+,9-/m1/s1. The number of rotatable bonds is 3. The number of hydrogen-bond donors (Lipinski definition) is 4. The molecule has 0 spiro atoms.